The summed E-state index contributed by atoms with van der Waals surface area (Å²) in [5.41, 5.74) is 1.83. The van der Waals surface area contributed by atoms with Gasteiger partial charge in [0.25, 0.3) is 0 Å². The van der Waals surface area contributed by atoms with Crippen LogP contribution in [0.5, 0.6) is 0 Å². The maximum atomic E-state index is 11.7. The number of carbonyl (C=O) groups is 2. The molecule has 0 aliphatic carbocycles. The van der Waals surface area contributed by atoms with Crippen LogP contribution in [0.15, 0.2) is 24.3 Å². The van der Waals surface area contributed by atoms with Gasteiger partial charge in [-0.25, -0.2) is 4.79 Å². The van der Waals surface area contributed by atoms with Gasteiger partial charge < -0.3 is 10.4 Å². The molecule has 0 saturated carbocycles. The largest absolute Gasteiger partial charge is 0.481 e. The van der Waals surface area contributed by atoms with Crippen LogP contribution >= 0.6 is 0 Å². The van der Waals surface area contributed by atoms with Crippen LogP contribution in [0.25, 0.3) is 0 Å². The van der Waals surface area contributed by atoms with Crippen molar-refractivity contribution in [2.24, 2.45) is 0 Å². The van der Waals surface area contributed by atoms with E-state index in [9.17, 15) is 9.59 Å². The average Bonchev–Trinajstić information content (AvgIpc) is 2.39. The number of rotatable bonds is 4. The number of anilines is 1. The van der Waals surface area contributed by atoms with E-state index < -0.39 is 5.97 Å². The van der Waals surface area contributed by atoms with Crippen LogP contribution in [0.2, 0.25) is 0 Å². The van der Waals surface area contributed by atoms with Crippen molar-refractivity contribution in [1.82, 2.24) is 5.32 Å². The number of nitrogens with one attached hydrogen (secondary N) is 1. The van der Waals surface area contributed by atoms with Gasteiger partial charge in [0.2, 0.25) is 0 Å². The third-order valence-electron chi connectivity index (χ3n) is 3.33. The molecule has 102 valence electrons. The van der Waals surface area contributed by atoms with E-state index in [0.717, 1.165) is 30.8 Å². The lowest BCUT2D eigenvalue weighted by molar-refractivity contribution is -0.137. The molecule has 1 unspecified atom stereocenters. The number of carboxylic acids is 1. The number of aliphatic carboxylic acids is 1. The van der Waals surface area contributed by atoms with Crippen LogP contribution in [0.1, 0.15) is 31.2 Å². The summed E-state index contributed by atoms with van der Waals surface area (Å²) in [5, 5.41) is 11.6. The minimum atomic E-state index is -0.799. The van der Waals surface area contributed by atoms with Gasteiger partial charge in [0.15, 0.2) is 0 Å². The van der Waals surface area contributed by atoms with Gasteiger partial charge in [-0.1, -0.05) is 19.1 Å². The predicted octanol–water partition coefficient (Wildman–Crippen LogP) is 2.18. The molecular weight excluding hydrogens is 244 g/mol. The van der Waals surface area contributed by atoms with Crippen LogP contribution in [0.4, 0.5) is 10.5 Å². The fourth-order valence-corrected chi connectivity index (χ4v) is 2.24. The number of hydrogen-bond acceptors (Lipinski definition) is 2. The molecule has 1 atom stereocenters. The first-order valence-corrected chi connectivity index (χ1v) is 6.45. The molecule has 1 heterocycles. The van der Waals surface area contributed by atoms with Crippen LogP contribution < -0.4 is 10.2 Å². The number of carbonyl (C=O) groups excluding carboxylic acids is 1. The van der Waals surface area contributed by atoms with Crippen molar-refractivity contribution in [3.8, 4) is 0 Å². The highest BCUT2D eigenvalue weighted by atomic mass is 16.4. The third kappa shape index (κ3) is 3.24. The minimum absolute atomic E-state index is 0.0262. The Balaban J connectivity index is 2.09. The molecule has 1 fully saturated rings. The Hall–Kier alpha value is -2.04. The SMILES string of the molecule is CC(CC(=O)O)c1ccc(N2CCCNC2=O)cc1. The summed E-state index contributed by atoms with van der Waals surface area (Å²) < 4.78 is 0. The smallest absolute Gasteiger partial charge is 0.321 e. The molecule has 0 aromatic heterocycles. The van der Waals surface area contributed by atoms with Crippen molar-refractivity contribution in [2.45, 2.75) is 25.7 Å². The van der Waals surface area contributed by atoms with Gasteiger partial charge in [0.05, 0.1) is 6.42 Å². The summed E-state index contributed by atoms with van der Waals surface area (Å²) in [6.45, 7) is 3.33. The van der Waals surface area contributed by atoms with E-state index in [1.165, 1.54) is 0 Å². The highest BCUT2D eigenvalue weighted by Crippen LogP contribution is 2.23. The molecule has 0 radical (unpaired) electrons. The normalized spacial score (nSPS) is 16.9. The average molecular weight is 262 g/mol. The van der Waals surface area contributed by atoms with Gasteiger partial charge in [0, 0.05) is 18.8 Å². The van der Waals surface area contributed by atoms with Crippen molar-refractivity contribution < 1.29 is 14.7 Å². The molecule has 1 aliphatic rings. The van der Waals surface area contributed by atoms with E-state index in [1.807, 2.05) is 31.2 Å². The Kier molecular flexibility index (Phi) is 4.04. The van der Waals surface area contributed by atoms with E-state index >= 15 is 0 Å². The zero-order chi connectivity index (χ0) is 13.8. The van der Waals surface area contributed by atoms with Crippen molar-refractivity contribution in [2.75, 3.05) is 18.0 Å². The summed E-state index contributed by atoms with van der Waals surface area (Å²) in [6.07, 6.45) is 1.05. The zero-order valence-electron chi connectivity index (χ0n) is 10.9. The fourth-order valence-electron chi connectivity index (χ4n) is 2.24. The molecule has 5 heteroatoms. The number of hydrogen-bond donors (Lipinski definition) is 2. The molecule has 0 spiro atoms. The minimum Gasteiger partial charge on any atom is -0.481 e. The first-order valence-electron chi connectivity index (χ1n) is 6.45. The third-order valence-corrected chi connectivity index (χ3v) is 3.33. The molecule has 1 aromatic rings. The quantitative estimate of drug-likeness (QED) is 0.873. The molecule has 19 heavy (non-hydrogen) atoms. The van der Waals surface area contributed by atoms with Gasteiger partial charge in [0.1, 0.15) is 0 Å². The van der Waals surface area contributed by atoms with Gasteiger partial charge in [-0.3, -0.25) is 9.69 Å². The molecular formula is C14H18N2O3. The molecule has 1 saturated heterocycles. The van der Waals surface area contributed by atoms with Crippen LogP contribution in [0.3, 0.4) is 0 Å². The topological polar surface area (TPSA) is 69.6 Å². The van der Waals surface area contributed by atoms with E-state index in [2.05, 4.69) is 5.32 Å². The Bertz CT molecular complexity index is 470. The Labute approximate surface area is 112 Å². The zero-order valence-corrected chi connectivity index (χ0v) is 10.9. The highest BCUT2D eigenvalue weighted by Gasteiger charge is 2.19. The van der Waals surface area contributed by atoms with Crippen molar-refractivity contribution in [1.29, 1.82) is 0 Å². The van der Waals surface area contributed by atoms with Crippen molar-refractivity contribution in [3.63, 3.8) is 0 Å². The lowest BCUT2D eigenvalue weighted by atomic mass is 9.97. The Morgan fingerprint density at radius 3 is 2.68 bits per heavy atom. The summed E-state index contributed by atoms with van der Waals surface area (Å²) in [5.74, 6) is -0.825. The summed E-state index contributed by atoms with van der Waals surface area (Å²) >= 11 is 0. The molecule has 1 aliphatic heterocycles. The van der Waals surface area contributed by atoms with Gasteiger partial charge in [-0.15, -0.1) is 0 Å². The summed E-state index contributed by atoms with van der Waals surface area (Å²) in [4.78, 5) is 24.1. The number of carboxylic acid groups (broad SMARTS) is 1. The van der Waals surface area contributed by atoms with E-state index in [1.54, 1.807) is 4.90 Å². The van der Waals surface area contributed by atoms with Gasteiger partial charge >= 0.3 is 12.0 Å². The summed E-state index contributed by atoms with van der Waals surface area (Å²) in [7, 11) is 0. The van der Waals surface area contributed by atoms with E-state index in [-0.39, 0.29) is 18.4 Å². The standard InChI is InChI=1S/C14H18N2O3/c1-10(9-13(17)18)11-3-5-12(6-4-11)16-8-2-7-15-14(16)19/h3-6,10H,2,7-9H2,1H3,(H,15,19)(H,17,18). The number of amides is 2. The fraction of sp³-hybridized carbons (Fsp3) is 0.429. The predicted molar refractivity (Wildman–Crippen MR) is 72.5 cm³/mol. The number of benzene rings is 1. The second-order valence-electron chi connectivity index (χ2n) is 4.83. The summed E-state index contributed by atoms with van der Waals surface area (Å²) in [6, 6.07) is 7.46. The maximum absolute atomic E-state index is 11.7. The van der Waals surface area contributed by atoms with Gasteiger partial charge in [-0.05, 0) is 30.0 Å². The monoisotopic (exact) mass is 262 g/mol. The lowest BCUT2D eigenvalue weighted by Crippen LogP contribution is -2.46. The molecule has 5 nitrogen and oxygen atoms in total. The maximum Gasteiger partial charge on any atom is 0.321 e. The molecule has 2 amide bonds. The second-order valence-corrected chi connectivity index (χ2v) is 4.83. The highest BCUT2D eigenvalue weighted by molar-refractivity contribution is 5.92. The lowest BCUT2D eigenvalue weighted by Gasteiger charge is -2.27. The molecule has 2 N–H and O–H groups in total. The van der Waals surface area contributed by atoms with Crippen LogP contribution in [0, 0.1) is 0 Å². The van der Waals surface area contributed by atoms with Crippen molar-refractivity contribution in [3.05, 3.63) is 29.8 Å². The first kappa shape index (κ1) is 13.4. The number of nitrogens with zero attached hydrogens (tertiary/aromatic N) is 1. The van der Waals surface area contributed by atoms with Crippen molar-refractivity contribution >= 4 is 17.7 Å². The van der Waals surface area contributed by atoms with Crippen LogP contribution in [-0.4, -0.2) is 30.2 Å². The van der Waals surface area contributed by atoms with E-state index in [4.69, 9.17) is 5.11 Å². The Morgan fingerprint density at radius 2 is 2.11 bits per heavy atom. The van der Waals surface area contributed by atoms with Crippen LogP contribution in [-0.2, 0) is 4.79 Å². The first-order chi connectivity index (χ1) is 9.08. The Morgan fingerprint density at radius 1 is 1.42 bits per heavy atom. The molecule has 0 bridgehead atoms. The molecule has 1 aromatic carbocycles. The number of urea groups is 1. The van der Waals surface area contributed by atoms with Gasteiger partial charge in [-0.2, -0.15) is 0 Å². The van der Waals surface area contributed by atoms with E-state index in [0.29, 0.717) is 0 Å². The molecule has 2 rings (SSSR count). The second kappa shape index (κ2) is 5.73.